The quantitative estimate of drug-likeness (QED) is 0.577. The summed E-state index contributed by atoms with van der Waals surface area (Å²) in [7, 11) is 3.73. The van der Waals surface area contributed by atoms with Crippen molar-refractivity contribution in [2.75, 3.05) is 32.2 Å². The van der Waals surface area contributed by atoms with Gasteiger partial charge in [0, 0.05) is 48.1 Å². The molecule has 0 spiro atoms. The minimum Gasteiger partial charge on any atom is -0.383 e. The van der Waals surface area contributed by atoms with Gasteiger partial charge in [0.25, 0.3) is 5.56 Å². The fraction of sp³-hybridized carbons (Fsp3) is 0.222. The Morgan fingerprint density at radius 1 is 1.20 bits per heavy atom. The van der Waals surface area contributed by atoms with E-state index in [-0.39, 0.29) is 5.56 Å². The first kappa shape index (κ1) is 15.9. The second-order valence-corrected chi connectivity index (χ2v) is 6.70. The van der Waals surface area contributed by atoms with E-state index in [1.165, 1.54) is 11.3 Å². The molecule has 25 heavy (non-hydrogen) atoms. The van der Waals surface area contributed by atoms with Crippen LogP contribution in [0.2, 0.25) is 0 Å². The van der Waals surface area contributed by atoms with Gasteiger partial charge in [-0.1, -0.05) is 0 Å². The Balaban J connectivity index is 1.75. The van der Waals surface area contributed by atoms with Gasteiger partial charge in [0.15, 0.2) is 5.69 Å². The van der Waals surface area contributed by atoms with Crippen LogP contribution in [0, 0.1) is 0 Å². The third-order valence-corrected chi connectivity index (χ3v) is 5.00. The van der Waals surface area contributed by atoms with Gasteiger partial charge in [-0.25, -0.2) is 4.98 Å². The van der Waals surface area contributed by atoms with Gasteiger partial charge in [-0.3, -0.25) is 4.79 Å². The highest BCUT2D eigenvalue weighted by Gasteiger charge is 2.12. The summed E-state index contributed by atoms with van der Waals surface area (Å²) in [5, 5.41) is 4.87. The molecular formula is C18H18N4O2S. The molecule has 128 valence electrons. The number of H-pyrrole nitrogens is 2. The van der Waals surface area contributed by atoms with E-state index in [4.69, 9.17) is 4.74 Å². The number of hydrogen-bond donors (Lipinski definition) is 2. The lowest BCUT2D eigenvalue weighted by Crippen LogP contribution is -2.21. The number of nitrogens with one attached hydrogen (secondary N) is 2. The van der Waals surface area contributed by atoms with Crippen LogP contribution in [0.25, 0.3) is 33.3 Å². The first-order valence-electron chi connectivity index (χ1n) is 7.95. The van der Waals surface area contributed by atoms with Gasteiger partial charge in [-0.2, -0.15) is 0 Å². The van der Waals surface area contributed by atoms with Gasteiger partial charge in [0.1, 0.15) is 0 Å². The van der Waals surface area contributed by atoms with Crippen molar-refractivity contribution < 1.29 is 4.74 Å². The summed E-state index contributed by atoms with van der Waals surface area (Å²) in [6.07, 6.45) is 0. The molecular weight excluding hydrogens is 336 g/mol. The lowest BCUT2D eigenvalue weighted by atomic mass is 10.2. The van der Waals surface area contributed by atoms with Crippen LogP contribution < -0.4 is 10.5 Å². The first-order chi connectivity index (χ1) is 12.2. The van der Waals surface area contributed by atoms with Crippen molar-refractivity contribution in [3.8, 4) is 11.4 Å². The monoisotopic (exact) mass is 354 g/mol. The van der Waals surface area contributed by atoms with Crippen LogP contribution in [0.3, 0.4) is 0 Å². The summed E-state index contributed by atoms with van der Waals surface area (Å²) in [5.41, 5.74) is 4.61. The zero-order valence-electron chi connectivity index (χ0n) is 14.0. The molecule has 0 radical (unpaired) electrons. The topological polar surface area (TPSA) is 74.0 Å². The molecule has 0 aliphatic heterocycles. The Kier molecular flexibility index (Phi) is 4.03. The third-order valence-electron chi connectivity index (χ3n) is 4.27. The summed E-state index contributed by atoms with van der Waals surface area (Å²) in [5.74, 6) is 0. The lowest BCUT2D eigenvalue weighted by molar-refractivity contribution is 0.206. The average Bonchev–Trinajstić information content (AvgIpc) is 3.23. The zero-order valence-corrected chi connectivity index (χ0v) is 14.8. The van der Waals surface area contributed by atoms with Crippen molar-refractivity contribution in [1.82, 2.24) is 15.0 Å². The molecule has 0 aliphatic carbocycles. The maximum atomic E-state index is 12.3. The highest BCUT2D eigenvalue weighted by molar-refractivity contribution is 7.09. The molecule has 4 aromatic rings. The molecule has 0 bridgehead atoms. The van der Waals surface area contributed by atoms with E-state index in [9.17, 15) is 4.79 Å². The summed E-state index contributed by atoms with van der Waals surface area (Å²) in [4.78, 5) is 25.2. The number of likely N-dealkylation sites (N-methyl/N-ethyl adjacent to an activating group) is 1. The molecule has 0 aliphatic rings. The number of hydrogen-bond acceptors (Lipinski definition) is 5. The van der Waals surface area contributed by atoms with Crippen molar-refractivity contribution in [3.63, 3.8) is 0 Å². The second-order valence-electron chi connectivity index (χ2n) is 5.95. The Morgan fingerprint density at radius 2 is 2.08 bits per heavy atom. The lowest BCUT2D eigenvalue weighted by Gasteiger charge is -2.18. The van der Waals surface area contributed by atoms with Crippen LogP contribution in [0.5, 0.6) is 0 Å². The molecule has 0 unspecified atom stereocenters. The maximum absolute atomic E-state index is 12.3. The predicted octanol–water partition coefficient (Wildman–Crippen LogP) is 3.22. The van der Waals surface area contributed by atoms with Gasteiger partial charge < -0.3 is 19.6 Å². The molecule has 0 amide bonds. The number of ether oxygens (including phenoxy) is 1. The van der Waals surface area contributed by atoms with Crippen LogP contribution in [0.1, 0.15) is 0 Å². The van der Waals surface area contributed by atoms with Crippen LogP contribution in [-0.4, -0.2) is 42.3 Å². The van der Waals surface area contributed by atoms with E-state index >= 15 is 0 Å². The van der Waals surface area contributed by atoms with Crippen LogP contribution in [0.4, 0.5) is 5.69 Å². The fourth-order valence-corrected chi connectivity index (χ4v) is 3.54. The Hall–Kier alpha value is -2.64. The van der Waals surface area contributed by atoms with Gasteiger partial charge >= 0.3 is 0 Å². The van der Waals surface area contributed by atoms with E-state index in [1.54, 1.807) is 7.11 Å². The van der Waals surface area contributed by atoms with Gasteiger partial charge in [-0.15, -0.1) is 11.3 Å². The molecule has 0 atom stereocenters. The highest BCUT2D eigenvalue weighted by atomic mass is 32.1. The van der Waals surface area contributed by atoms with Crippen molar-refractivity contribution in [3.05, 3.63) is 45.4 Å². The van der Waals surface area contributed by atoms with Gasteiger partial charge in [0.05, 0.1) is 23.3 Å². The molecule has 0 saturated carbocycles. The number of thiophene rings is 1. The summed E-state index contributed by atoms with van der Waals surface area (Å²) < 4.78 is 5.13. The molecule has 3 aromatic heterocycles. The number of benzene rings is 1. The first-order valence-corrected chi connectivity index (χ1v) is 8.89. The minimum absolute atomic E-state index is 0.185. The Bertz CT molecular complexity index is 1100. The SMILES string of the molecule is COCCN(C)c1ccc2[nH]c(-c3nc4cscc4[nH]c3=O)cc2c1. The van der Waals surface area contributed by atoms with E-state index in [0.717, 1.165) is 39.9 Å². The number of fused-ring (bicyclic) bond motifs is 2. The number of aromatic nitrogens is 3. The molecule has 2 N–H and O–H groups in total. The molecule has 0 fully saturated rings. The smallest absolute Gasteiger partial charge is 0.276 e. The largest absolute Gasteiger partial charge is 0.383 e. The van der Waals surface area contributed by atoms with Crippen molar-refractivity contribution in [1.29, 1.82) is 0 Å². The van der Waals surface area contributed by atoms with Crippen molar-refractivity contribution in [2.45, 2.75) is 0 Å². The predicted molar refractivity (Wildman–Crippen MR) is 103 cm³/mol. The van der Waals surface area contributed by atoms with Crippen molar-refractivity contribution in [2.24, 2.45) is 0 Å². The molecule has 1 aromatic carbocycles. The third kappa shape index (κ3) is 2.92. The summed E-state index contributed by atoms with van der Waals surface area (Å²) in [6, 6.07) is 8.15. The second kappa shape index (κ2) is 6.34. The molecule has 6 nitrogen and oxygen atoms in total. The van der Waals surface area contributed by atoms with E-state index < -0.39 is 0 Å². The molecule has 0 saturated heterocycles. The number of anilines is 1. The Labute approximate surface area is 148 Å². The van der Waals surface area contributed by atoms with E-state index in [0.29, 0.717) is 12.3 Å². The van der Waals surface area contributed by atoms with Crippen molar-refractivity contribution >= 4 is 39.0 Å². The Morgan fingerprint density at radius 3 is 2.92 bits per heavy atom. The molecule has 3 heterocycles. The number of methoxy groups -OCH3 is 1. The van der Waals surface area contributed by atoms with E-state index in [1.807, 2.05) is 29.9 Å². The summed E-state index contributed by atoms with van der Waals surface area (Å²) >= 11 is 1.52. The normalized spacial score (nSPS) is 11.4. The maximum Gasteiger partial charge on any atom is 0.276 e. The van der Waals surface area contributed by atoms with Crippen LogP contribution >= 0.6 is 11.3 Å². The standard InChI is InChI=1S/C18H18N4O2S/c1-22(5-6-24-2)12-3-4-13-11(7-12)8-14(19-13)17-18(23)21-16-10-25-9-15(16)20-17/h3-4,7-10,19H,5-6H2,1-2H3,(H,21,23). The number of nitrogens with zero attached hydrogens (tertiary/aromatic N) is 2. The van der Waals surface area contributed by atoms with Gasteiger partial charge in [0.2, 0.25) is 0 Å². The zero-order chi connectivity index (χ0) is 17.4. The minimum atomic E-state index is -0.185. The average molecular weight is 354 g/mol. The number of rotatable bonds is 5. The van der Waals surface area contributed by atoms with Crippen LogP contribution in [0.15, 0.2) is 39.8 Å². The summed E-state index contributed by atoms with van der Waals surface area (Å²) in [6.45, 7) is 1.49. The van der Waals surface area contributed by atoms with Gasteiger partial charge in [-0.05, 0) is 24.3 Å². The fourth-order valence-electron chi connectivity index (χ4n) is 2.85. The van der Waals surface area contributed by atoms with Crippen LogP contribution in [-0.2, 0) is 4.74 Å². The highest BCUT2D eigenvalue weighted by Crippen LogP contribution is 2.26. The molecule has 7 heteroatoms. The molecule has 4 rings (SSSR count). The van der Waals surface area contributed by atoms with E-state index in [2.05, 4.69) is 32.0 Å². The number of aromatic amines is 2.